The maximum Gasteiger partial charge on any atom is 0.152 e. The van der Waals surface area contributed by atoms with E-state index < -0.39 is 17.5 Å². The minimum atomic E-state index is -0.706. The molecule has 0 radical (unpaired) electrons. The number of rotatable bonds is 2. The first-order chi connectivity index (χ1) is 9.61. The van der Waals surface area contributed by atoms with Gasteiger partial charge in [0.1, 0.15) is 17.5 Å². The Morgan fingerprint density at radius 1 is 1.00 bits per heavy atom. The molecule has 0 spiro atoms. The summed E-state index contributed by atoms with van der Waals surface area (Å²) in [5, 5.41) is -0.126. The highest BCUT2D eigenvalue weighted by Gasteiger charge is 2.18. The number of aromatic nitrogens is 1. The zero-order valence-electron chi connectivity index (χ0n) is 10.1. The maximum atomic E-state index is 13.8. The molecule has 0 atom stereocenters. The highest BCUT2D eigenvalue weighted by atomic mass is 19.1. The number of nitrogens with one attached hydrogen (secondary N) is 1. The van der Waals surface area contributed by atoms with Crippen LogP contribution in [0.2, 0.25) is 0 Å². The van der Waals surface area contributed by atoms with Gasteiger partial charge in [-0.3, -0.25) is 4.79 Å². The van der Waals surface area contributed by atoms with Crippen molar-refractivity contribution in [2.24, 2.45) is 0 Å². The molecule has 0 aliphatic heterocycles. The summed E-state index contributed by atoms with van der Waals surface area (Å²) in [6, 6.07) is 7.36. The van der Waals surface area contributed by atoms with E-state index in [1.807, 2.05) is 0 Å². The van der Waals surface area contributed by atoms with Crippen molar-refractivity contribution in [1.82, 2.24) is 4.98 Å². The van der Waals surface area contributed by atoms with Gasteiger partial charge in [-0.25, -0.2) is 13.2 Å². The van der Waals surface area contributed by atoms with E-state index in [2.05, 4.69) is 4.98 Å². The quantitative estimate of drug-likeness (QED) is 0.703. The van der Waals surface area contributed by atoms with Crippen molar-refractivity contribution >= 4 is 17.2 Å². The lowest BCUT2D eigenvalue weighted by Gasteiger charge is -1.99. The average Bonchev–Trinajstić information content (AvgIpc) is 2.83. The summed E-state index contributed by atoms with van der Waals surface area (Å²) in [5.74, 6) is -1.88. The Hall–Kier alpha value is -2.56. The van der Waals surface area contributed by atoms with Crippen LogP contribution in [0.25, 0.3) is 22.2 Å². The molecule has 0 saturated carbocycles. The third-order valence-electron chi connectivity index (χ3n) is 3.12. The zero-order valence-corrected chi connectivity index (χ0v) is 10.1. The average molecular weight is 275 g/mol. The molecule has 0 aliphatic carbocycles. The lowest BCUT2D eigenvalue weighted by molar-refractivity contribution is 0.112. The highest BCUT2D eigenvalue weighted by Crippen LogP contribution is 2.32. The van der Waals surface area contributed by atoms with Gasteiger partial charge in [0.25, 0.3) is 0 Å². The number of aldehydes is 1. The molecular weight excluding hydrogens is 267 g/mol. The van der Waals surface area contributed by atoms with Crippen LogP contribution in [0, 0.1) is 17.5 Å². The summed E-state index contributed by atoms with van der Waals surface area (Å²) < 4.78 is 40.8. The summed E-state index contributed by atoms with van der Waals surface area (Å²) in [7, 11) is 0. The molecule has 1 N–H and O–H groups in total. The molecule has 100 valence electrons. The second-order valence-corrected chi connectivity index (χ2v) is 4.32. The van der Waals surface area contributed by atoms with Gasteiger partial charge in [0.05, 0.1) is 16.8 Å². The van der Waals surface area contributed by atoms with Crippen LogP contribution < -0.4 is 0 Å². The molecule has 3 rings (SSSR count). The van der Waals surface area contributed by atoms with E-state index in [1.165, 1.54) is 18.2 Å². The van der Waals surface area contributed by atoms with Gasteiger partial charge >= 0.3 is 0 Å². The molecule has 0 aliphatic rings. The second kappa shape index (κ2) is 4.52. The van der Waals surface area contributed by atoms with E-state index in [0.717, 1.165) is 12.1 Å². The third-order valence-corrected chi connectivity index (χ3v) is 3.12. The highest BCUT2D eigenvalue weighted by molar-refractivity contribution is 6.04. The first-order valence-electron chi connectivity index (χ1n) is 5.82. The lowest BCUT2D eigenvalue weighted by Crippen LogP contribution is -1.87. The minimum absolute atomic E-state index is 0.0254. The molecule has 2 aromatic carbocycles. The van der Waals surface area contributed by atoms with Gasteiger partial charge in [-0.15, -0.1) is 0 Å². The molecule has 0 fully saturated rings. The Bertz CT molecular complexity index is 823. The molecule has 0 amide bonds. The minimum Gasteiger partial charge on any atom is -0.351 e. The van der Waals surface area contributed by atoms with Crippen LogP contribution in [0.3, 0.4) is 0 Å². The molecule has 20 heavy (non-hydrogen) atoms. The van der Waals surface area contributed by atoms with Gasteiger partial charge in [0.15, 0.2) is 6.29 Å². The standard InChI is InChI=1S/C15H8F3NO/c16-9-3-1-2-8(6-9)14-10(7-20)13-11(17)4-5-12(18)15(13)19-14/h1-7,19H. The fourth-order valence-corrected chi connectivity index (χ4v) is 2.24. The normalized spacial score (nSPS) is 10.9. The molecule has 0 unspecified atom stereocenters. The van der Waals surface area contributed by atoms with E-state index in [9.17, 15) is 18.0 Å². The van der Waals surface area contributed by atoms with Crippen molar-refractivity contribution in [3.63, 3.8) is 0 Å². The van der Waals surface area contributed by atoms with Crippen LogP contribution in [0.1, 0.15) is 10.4 Å². The first-order valence-corrected chi connectivity index (χ1v) is 5.82. The fourth-order valence-electron chi connectivity index (χ4n) is 2.24. The van der Waals surface area contributed by atoms with Crippen LogP contribution in [-0.4, -0.2) is 11.3 Å². The Kier molecular flexibility index (Phi) is 2.82. The SMILES string of the molecule is O=Cc1c(-c2cccc(F)c2)[nH]c2c(F)ccc(F)c12. The Morgan fingerprint density at radius 2 is 1.75 bits per heavy atom. The van der Waals surface area contributed by atoms with Crippen LogP contribution in [0.4, 0.5) is 13.2 Å². The predicted molar refractivity (Wildman–Crippen MR) is 69.0 cm³/mol. The molecule has 0 bridgehead atoms. The van der Waals surface area contributed by atoms with Crippen molar-refractivity contribution in [2.75, 3.05) is 0 Å². The van der Waals surface area contributed by atoms with Crippen molar-refractivity contribution in [3.05, 3.63) is 59.4 Å². The first kappa shape index (κ1) is 12.5. The number of hydrogen-bond acceptors (Lipinski definition) is 1. The maximum absolute atomic E-state index is 13.8. The molecule has 2 nitrogen and oxygen atoms in total. The summed E-state index contributed by atoms with van der Waals surface area (Å²) in [6.45, 7) is 0. The van der Waals surface area contributed by atoms with Crippen molar-refractivity contribution in [1.29, 1.82) is 0 Å². The Labute approximate surface area is 111 Å². The third kappa shape index (κ3) is 1.79. The Morgan fingerprint density at radius 3 is 2.45 bits per heavy atom. The number of H-pyrrole nitrogens is 1. The van der Waals surface area contributed by atoms with Gasteiger partial charge in [-0.2, -0.15) is 0 Å². The van der Waals surface area contributed by atoms with E-state index in [0.29, 0.717) is 11.8 Å². The summed E-state index contributed by atoms with van der Waals surface area (Å²) in [6.07, 6.45) is 0.432. The number of carbonyl (C=O) groups excluding carboxylic acids is 1. The monoisotopic (exact) mass is 275 g/mol. The number of carbonyl (C=O) groups is 1. The Balaban J connectivity index is 2.40. The summed E-state index contributed by atoms with van der Waals surface area (Å²) in [5.41, 5.74) is 0.412. The molecule has 3 aromatic rings. The van der Waals surface area contributed by atoms with Crippen LogP contribution in [0.15, 0.2) is 36.4 Å². The number of hydrogen-bond donors (Lipinski definition) is 1. The van der Waals surface area contributed by atoms with E-state index in [1.54, 1.807) is 6.07 Å². The van der Waals surface area contributed by atoms with Crippen LogP contribution in [-0.2, 0) is 0 Å². The van der Waals surface area contributed by atoms with E-state index in [-0.39, 0.29) is 22.2 Å². The van der Waals surface area contributed by atoms with Gasteiger partial charge in [-0.1, -0.05) is 12.1 Å². The van der Waals surface area contributed by atoms with Crippen molar-refractivity contribution in [2.45, 2.75) is 0 Å². The number of benzene rings is 2. The number of aromatic amines is 1. The molecule has 1 aromatic heterocycles. The number of halogens is 3. The van der Waals surface area contributed by atoms with Crippen LogP contribution >= 0.6 is 0 Å². The molecular formula is C15H8F3NO. The van der Waals surface area contributed by atoms with Crippen molar-refractivity contribution in [3.8, 4) is 11.3 Å². The van der Waals surface area contributed by atoms with Gasteiger partial charge < -0.3 is 4.98 Å². The van der Waals surface area contributed by atoms with Crippen molar-refractivity contribution < 1.29 is 18.0 Å². The summed E-state index contributed by atoms with van der Waals surface area (Å²) in [4.78, 5) is 13.9. The lowest BCUT2D eigenvalue weighted by atomic mass is 10.1. The molecule has 0 saturated heterocycles. The van der Waals surface area contributed by atoms with Gasteiger partial charge in [0.2, 0.25) is 0 Å². The van der Waals surface area contributed by atoms with Gasteiger partial charge in [0, 0.05) is 10.9 Å². The number of fused-ring (bicyclic) bond motifs is 1. The smallest absolute Gasteiger partial charge is 0.152 e. The largest absolute Gasteiger partial charge is 0.351 e. The van der Waals surface area contributed by atoms with Crippen LogP contribution in [0.5, 0.6) is 0 Å². The second-order valence-electron chi connectivity index (χ2n) is 4.32. The van der Waals surface area contributed by atoms with E-state index >= 15 is 0 Å². The fraction of sp³-hybridized carbons (Fsp3) is 0. The topological polar surface area (TPSA) is 32.9 Å². The van der Waals surface area contributed by atoms with Gasteiger partial charge in [-0.05, 0) is 24.3 Å². The molecule has 1 heterocycles. The van der Waals surface area contributed by atoms with E-state index in [4.69, 9.17) is 0 Å². The summed E-state index contributed by atoms with van der Waals surface area (Å²) >= 11 is 0. The molecule has 5 heteroatoms. The zero-order chi connectivity index (χ0) is 14.3. The predicted octanol–water partition coefficient (Wildman–Crippen LogP) is 4.06.